The van der Waals surface area contributed by atoms with Gasteiger partial charge in [0, 0.05) is 30.2 Å². The Morgan fingerprint density at radius 2 is 2.08 bits per heavy atom. The number of rotatable bonds is 14. The lowest BCUT2D eigenvalue weighted by Gasteiger charge is -2.30. The lowest BCUT2D eigenvalue weighted by Crippen LogP contribution is -2.50. The molecule has 0 saturated carbocycles. The van der Waals surface area contributed by atoms with Gasteiger partial charge in [0.25, 0.3) is 10.0 Å². The Balaban J connectivity index is 1.22. The SMILES string of the molecule is COc1cccc(CC2(CNCCCCNc3cc(F)c(S(=O)(=O)Nc4nccs4)cc3Cl)CCCN2)c1. The molecular weight excluding hydrogens is 549 g/mol. The number of methoxy groups -OCH3 is 1. The van der Waals surface area contributed by atoms with Crippen molar-refractivity contribution in [3.05, 3.63) is 64.4 Å². The minimum absolute atomic E-state index is 0.0339. The van der Waals surface area contributed by atoms with Crippen LogP contribution in [-0.2, 0) is 16.4 Å². The molecule has 0 aliphatic carbocycles. The molecule has 1 atom stereocenters. The molecule has 4 N–H and O–H groups in total. The van der Waals surface area contributed by atoms with Gasteiger partial charge in [-0.25, -0.2) is 17.8 Å². The highest BCUT2D eigenvalue weighted by atomic mass is 35.5. The molecule has 8 nitrogen and oxygen atoms in total. The zero-order chi connectivity index (χ0) is 27.0. The van der Waals surface area contributed by atoms with Gasteiger partial charge in [-0.3, -0.25) is 4.72 Å². The number of benzene rings is 2. The Hall–Kier alpha value is -2.44. The van der Waals surface area contributed by atoms with E-state index in [1.165, 1.54) is 11.8 Å². The molecule has 0 spiro atoms. The fourth-order valence-electron chi connectivity index (χ4n) is 4.65. The maximum Gasteiger partial charge on any atom is 0.266 e. The number of ether oxygens (including phenoxy) is 1. The van der Waals surface area contributed by atoms with E-state index in [1.54, 1.807) is 12.5 Å². The quantitative estimate of drug-likeness (QED) is 0.201. The predicted molar refractivity (Wildman–Crippen MR) is 152 cm³/mol. The number of anilines is 2. The number of hydrogen-bond acceptors (Lipinski definition) is 8. The van der Waals surface area contributed by atoms with E-state index in [4.69, 9.17) is 16.3 Å². The topological polar surface area (TPSA) is 104 Å². The normalized spacial score (nSPS) is 17.4. The zero-order valence-corrected chi connectivity index (χ0v) is 23.6. The molecule has 0 radical (unpaired) electrons. The molecule has 0 bridgehead atoms. The summed E-state index contributed by atoms with van der Waals surface area (Å²) in [6.07, 6.45) is 6.44. The molecule has 1 aliphatic rings. The molecule has 1 unspecified atom stereocenters. The number of halogens is 2. The van der Waals surface area contributed by atoms with Crippen LogP contribution in [0, 0.1) is 5.82 Å². The monoisotopic (exact) mass is 581 g/mol. The van der Waals surface area contributed by atoms with Crippen LogP contribution >= 0.6 is 22.9 Å². The van der Waals surface area contributed by atoms with E-state index < -0.39 is 20.7 Å². The Bertz CT molecular complexity index is 1300. The lowest BCUT2D eigenvalue weighted by molar-refractivity contribution is 0.347. The van der Waals surface area contributed by atoms with Crippen LogP contribution in [0.1, 0.15) is 31.2 Å². The van der Waals surface area contributed by atoms with Crippen LogP contribution in [-0.4, -0.2) is 52.2 Å². The Morgan fingerprint density at radius 3 is 2.82 bits per heavy atom. The van der Waals surface area contributed by atoms with Crippen molar-refractivity contribution in [3.63, 3.8) is 0 Å². The summed E-state index contributed by atoms with van der Waals surface area (Å²) in [5.74, 6) is -0.00674. The molecule has 2 heterocycles. The average Bonchev–Trinajstić information content (AvgIpc) is 3.57. The summed E-state index contributed by atoms with van der Waals surface area (Å²) in [5.41, 5.74) is 1.65. The third-order valence-electron chi connectivity index (χ3n) is 6.53. The number of nitrogens with zero attached hydrogens (tertiary/aromatic N) is 1. The van der Waals surface area contributed by atoms with E-state index >= 15 is 0 Å². The highest BCUT2D eigenvalue weighted by Gasteiger charge is 2.33. The largest absolute Gasteiger partial charge is 0.497 e. The van der Waals surface area contributed by atoms with Gasteiger partial charge in [0.15, 0.2) is 5.13 Å². The number of sulfonamides is 1. The van der Waals surface area contributed by atoms with Crippen molar-refractivity contribution in [2.75, 3.05) is 43.3 Å². The molecule has 1 aromatic heterocycles. The van der Waals surface area contributed by atoms with E-state index in [-0.39, 0.29) is 15.7 Å². The third kappa shape index (κ3) is 7.57. The molecule has 3 aromatic rings. The second kappa shape index (κ2) is 13.1. The first kappa shape index (κ1) is 28.6. The minimum Gasteiger partial charge on any atom is -0.497 e. The molecule has 0 amide bonds. The van der Waals surface area contributed by atoms with Gasteiger partial charge in [-0.05, 0) is 75.0 Å². The van der Waals surface area contributed by atoms with Gasteiger partial charge in [-0.2, -0.15) is 0 Å². The van der Waals surface area contributed by atoms with Crippen LogP contribution < -0.4 is 25.4 Å². The van der Waals surface area contributed by atoms with E-state index in [9.17, 15) is 12.8 Å². The summed E-state index contributed by atoms with van der Waals surface area (Å²) >= 11 is 7.37. The predicted octanol–water partition coefficient (Wildman–Crippen LogP) is 4.89. The number of unbranched alkanes of at least 4 members (excludes halogenated alkanes) is 1. The van der Waals surface area contributed by atoms with Crippen molar-refractivity contribution in [2.45, 2.75) is 42.5 Å². The fraction of sp³-hybridized carbons (Fsp3) is 0.423. The average molecular weight is 582 g/mol. The van der Waals surface area contributed by atoms with Gasteiger partial charge < -0.3 is 20.7 Å². The van der Waals surface area contributed by atoms with Crippen molar-refractivity contribution in [3.8, 4) is 5.75 Å². The molecule has 1 fully saturated rings. The van der Waals surface area contributed by atoms with Crippen LogP contribution in [0.2, 0.25) is 5.02 Å². The van der Waals surface area contributed by atoms with Gasteiger partial charge in [0.05, 0.1) is 17.8 Å². The van der Waals surface area contributed by atoms with E-state index in [0.29, 0.717) is 12.2 Å². The highest BCUT2D eigenvalue weighted by Crippen LogP contribution is 2.30. The first-order valence-corrected chi connectivity index (χ1v) is 15.3. The van der Waals surface area contributed by atoms with Crippen LogP contribution in [0.25, 0.3) is 0 Å². The Morgan fingerprint density at radius 1 is 1.24 bits per heavy atom. The van der Waals surface area contributed by atoms with Crippen molar-refractivity contribution in [1.29, 1.82) is 0 Å². The fourth-order valence-corrected chi connectivity index (χ4v) is 6.82. The minimum atomic E-state index is -4.13. The second-order valence-electron chi connectivity index (χ2n) is 9.35. The number of aromatic nitrogens is 1. The van der Waals surface area contributed by atoms with Crippen molar-refractivity contribution in [2.24, 2.45) is 0 Å². The molecule has 4 rings (SSSR count). The van der Waals surface area contributed by atoms with E-state index in [1.807, 2.05) is 12.1 Å². The van der Waals surface area contributed by atoms with Crippen LogP contribution in [0.5, 0.6) is 5.75 Å². The van der Waals surface area contributed by atoms with Gasteiger partial charge in [-0.15, -0.1) is 11.3 Å². The van der Waals surface area contributed by atoms with Crippen LogP contribution in [0.4, 0.5) is 15.2 Å². The molecular formula is C26H33ClFN5O3S2. The Kier molecular flexibility index (Phi) is 9.83. The maximum absolute atomic E-state index is 14.7. The van der Waals surface area contributed by atoms with Crippen LogP contribution in [0.15, 0.2) is 52.9 Å². The van der Waals surface area contributed by atoms with Crippen LogP contribution in [0.3, 0.4) is 0 Å². The van der Waals surface area contributed by atoms with E-state index in [0.717, 1.165) is 81.0 Å². The zero-order valence-electron chi connectivity index (χ0n) is 21.2. The van der Waals surface area contributed by atoms with Crippen molar-refractivity contribution in [1.82, 2.24) is 15.6 Å². The first-order valence-electron chi connectivity index (χ1n) is 12.5. The smallest absolute Gasteiger partial charge is 0.266 e. The van der Waals surface area contributed by atoms with Crippen molar-refractivity contribution < 1.29 is 17.5 Å². The Labute approximate surface area is 232 Å². The van der Waals surface area contributed by atoms with Gasteiger partial charge >= 0.3 is 0 Å². The lowest BCUT2D eigenvalue weighted by atomic mass is 9.89. The maximum atomic E-state index is 14.7. The molecule has 1 aliphatic heterocycles. The first-order chi connectivity index (χ1) is 18.3. The highest BCUT2D eigenvalue weighted by molar-refractivity contribution is 7.93. The van der Waals surface area contributed by atoms with Gasteiger partial charge in [0.1, 0.15) is 16.5 Å². The second-order valence-corrected chi connectivity index (χ2v) is 12.3. The van der Waals surface area contributed by atoms with Gasteiger partial charge in [-0.1, -0.05) is 23.7 Å². The number of hydrogen-bond donors (Lipinski definition) is 4. The third-order valence-corrected chi connectivity index (χ3v) is 9.02. The molecule has 38 heavy (non-hydrogen) atoms. The molecule has 206 valence electrons. The van der Waals surface area contributed by atoms with Gasteiger partial charge in [0.2, 0.25) is 0 Å². The summed E-state index contributed by atoms with van der Waals surface area (Å²) in [7, 11) is -2.45. The summed E-state index contributed by atoms with van der Waals surface area (Å²) in [4.78, 5) is 3.35. The molecule has 12 heteroatoms. The number of nitrogens with one attached hydrogen (secondary N) is 4. The molecule has 1 saturated heterocycles. The standard InChI is InChI=1S/C26H33ClFN5O3S2/c1-36-20-7-4-6-19(14-20)17-26(8-5-11-32-26)18-29-9-2-3-10-30-23-16-22(28)24(15-21(23)27)38(34,35)33-25-31-12-13-37-25/h4,6-7,12-16,29-30,32H,2-3,5,8-11,17-18H2,1H3,(H,31,33). The molecule has 2 aromatic carbocycles. The summed E-state index contributed by atoms with van der Waals surface area (Å²) < 4.78 is 47.3. The number of thiazole rings is 1. The van der Waals surface area contributed by atoms with E-state index in [2.05, 4.69) is 37.8 Å². The summed E-state index contributed by atoms with van der Waals surface area (Å²) in [6, 6.07) is 10.5. The van der Waals surface area contributed by atoms with Crippen molar-refractivity contribution >= 4 is 43.8 Å². The summed E-state index contributed by atoms with van der Waals surface area (Å²) in [6.45, 7) is 3.33. The summed E-state index contributed by atoms with van der Waals surface area (Å²) in [5, 5.41) is 12.3.